The molecule has 19 heavy (non-hydrogen) atoms. The van der Waals surface area contributed by atoms with E-state index in [1.54, 1.807) is 0 Å². The van der Waals surface area contributed by atoms with Gasteiger partial charge in [0, 0.05) is 34.3 Å². The molecule has 0 aliphatic heterocycles. The van der Waals surface area contributed by atoms with Crippen LogP contribution in [0.2, 0.25) is 0 Å². The number of nitrogens with zero attached hydrogens (tertiary/aromatic N) is 2. The molecule has 1 aromatic carbocycles. The number of hydrogen-bond acceptors (Lipinski definition) is 3. The van der Waals surface area contributed by atoms with Crippen molar-refractivity contribution in [3.05, 3.63) is 42.2 Å². The lowest BCUT2D eigenvalue weighted by Crippen LogP contribution is -2.00. The maximum atomic E-state index is 5.85. The number of fused-ring (bicyclic) bond motifs is 1. The molecule has 3 N–H and O–H groups in total. The van der Waals surface area contributed by atoms with Crippen LogP contribution < -0.4 is 5.73 Å². The minimum absolute atomic E-state index is 0.368. The van der Waals surface area contributed by atoms with Gasteiger partial charge in [0.05, 0.1) is 5.69 Å². The molecule has 2 heterocycles. The van der Waals surface area contributed by atoms with E-state index in [1.807, 2.05) is 12.3 Å². The third-order valence-electron chi connectivity index (χ3n) is 3.63. The second kappa shape index (κ2) is 3.82. The number of anilines is 1. The Labute approximate surface area is 110 Å². The fourth-order valence-corrected chi connectivity index (χ4v) is 2.52. The van der Waals surface area contributed by atoms with Gasteiger partial charge in [0.2, 0.25) is 5.95 Å². The number of benzene rings is 1. The van der Waals surface area contributed by atoms with E-state index in [-0.39, 0.29) is 0 Å². The second-order valence-corrected chi connectivity index (χ2v) is 5.06. The first-order valence-electron chi connectivity index (χ1n) is 6.52. The number of hydrogen-bond donors (Lipinski definition) is 2. The van der Waals surface area contributed by atoms with Gasteiger partial charge in [0.15, 0.2) is 0 Å². The topological polar surface area (TPSA) is 67.6 Å². The van der Waals surface area contributed by atoms with Crippen molar-refractivity contribution in [2.24, 2.45) is 0 Å². The van der Waals surface area contributed by atoms with E-state index in [9.17, 15) is 0 Å². The van der Waals surface area contributed by atoms with E-state index < -0.39 is 0 Å². The standard InChI is InChI=1S/C15H14N4/c16-15-18-13(9-4-5-9)8-14(19-15)10-2-1-3-12-11(10)6-7-17-12/h1-3,6-9,17H,4-5H2,(H2,16,18,19). The zero-order chi connectivity index (χ0) is 12.8. The van der Waals surface area contributed by atoms with E-state index in [4.69, 9.17) is 5.73 Å². The highest BCUT2D eigenvalue weighted by Crippen LogP contribution is 2.40. The van der Waals surface area contributed by atoms with Crippen LogP contribution in [-0.2, 0) is 0 Å². The maximum Gasteiger partial charge on any atom is 0.220 e. The molecule has 1 fully saturated rings. The fraction of sp³-hybridized carbons (Fsp3) is 0.200. The molecule has 3 aromatic rings. The van der Waals surface area contributed by atoms with Gasteiger partial charge in [0.25, 0.3) is 0 Å². The Morgan fingerprint density at radius 1 is 1.16 bits per heavy atom. The Bertz CT molecular complexity index is 756. The van der Waals surface area contributed by atoms with Crippen molar-refractivity contribution in [3.63, 3.8) is 0 Å². The molecule has 2 aromatic heterocycles. The summed E-state index contributed by atoms with van der Waals surface area (Å²) in [6.45, 7) is 0. The lowest BCUT2D eigenvalue weighted by Gasteiger charge is -2.06. The number of nitrogens with two attached hydrogens (primary N) is 1. The molecule has 4 rings (SSSR count). The molecule has 1 saturated carbocycles. The number of aromatic amines is 1. The average molecular weight is 250 g/mol. The zero-order valence-corrected chi connectivity index (χ0v) is 10.4. The maximum absolute atomic E-state index is 5.85. The molecule has 4 nitrogen and oxygen atoms in total. The summed E-state index contributed by atoms with van der Waals surface area (Å²) in [5.74, 6) is 0.946. The van der Waals surface area contributed by atoms with Gasteiger partial charge in [-0.3, -0.25) is 0 Å². The molecule has 0 amide bonds. The van der Waals surface area contributed by atoms with Gasteiger partial charge in [-0.25, -0.2) is 9.97 Å². The van der Waals surface area contributed by atoms with Crippen LogP contribution in [0.3, 0.4) is 0 Å². The lowest BCUT2D eigenvalue weighted by atomic mass is 10.1. The van der Waals surface area contributed by atoms with Crippen molar-refractivity contribution in [1.29, 1.82) is 0 Å². The van der Waals surface area contributed by atoms with E-state index in [2.05, 4.69) is 39.2 Å². The minimum Gasteiger partial charge on any atom is -0.368 e. The first-order valence-corrected chi connectivity index (χ1v) is 6.52. The first kappa shape index (κ1) is 10.6. The van der Waals surface area contributed by atoms with Gasteiger partial charge in [0.1, 0.15) is 0 Å². The van der Waals surface area contributed by atoms with E-state index in [0.717, 1.165) is 22.5 Å². The van der Waals surface area contributed by atoms with Crippen LogP contribution in [0.15, 0.2) is 36.5 Å². The number of nitrogens with one attached hydrogen (secondary N) is 1. The molecule has 4 heteroatoms. The van der Waals surface area contributed by atoms with E-state index in [1.165, 1.54) is 18.2 Å². The number of H-pyrrole nitrogens is 1. The predicted molar refractivity (Wildman–Crippen MR) is 75.7 cm³/mol. The van der Waals surface area contributed by atoms with Gasteiger partial charge in [-0.2, -0.15) is 0 Å². The summed E-state index contributed by atoms with van der Waals surface area (Å²) >= 11 is 0. The zero-order valence-electron chi connectivity index (χ0n) is 10.4. The van der Waals surface area contributed by atoms with Crippen molar-refractivity contribution >= 4 is 16.9 Å². The summed E-state index contributed by atoms with van der Waals surface area (Å²) in [5, 5.41) is 1.17. The molecule has 0 saturated heterocycles. The molecule has 0 radical (unpaired) electrons. The number of nitrogen functional groups attached to an aromatic ring is 1. The van der Waals surface area contributed by atoms with Crippen LogP contribution in [0, 0.1) is 0 Å². The quantitative estimate of drug-likeness (QED) is 0.734. The molecule has 1 aliphatic carbocycles. The summed E-state index contributed by atoms with van der Waals surface area (Å²) < 4.78 is 0. The van der Waals surface area contributed by atoms with Gasteiger partial charge in [-0.1, -0.05) is 12.1 Å². The molecule has 1 aliphatic rings. The van der Waals surface area contributed by atoms with Crippen molar-refractivity contribution < 1.29 is 0 Å². The fourth-order valence-electron chi connectivity index (χ4n) is 2.52. The minimum atomic E-state index is 0.368. The molecular weight excluding hydrogens is 236 g/mol. The molecule has 94 valence electrons. The van der Waals surface area contributed by atoms with Crippen molar-refractivity contribution in [2.45, 2.75) is 18.8 Å². The normalized spacial score (nSPS) is 14.9. The highest BCUT2D eigenvalue weighted by Gasteiger charge is 2.26. The number of rotatable bonds is 2. The third kappa shape index (κ3) is 1.76. The van der Waals surface area contributed by atoms with Crippen LogP contribution in [0.4, 0.5) is 5.95 Å². The highest BCUT2D eigenvalue weighted by molar-refractivity contribution is 5.94. The highest BCUT2D eigenvalue weighted by atomic mass is 15.0. The average Bonchev–Trinajstić information content (AvgIpc) is 3.15. The van der Waals surface area contributed by atoms with Gasteiger partial charge in [-0.05, 0) is 31.0 Å². The van der Waals surface area contributed by atoms with Crippen molar-refractivity contribution in [1.82, 2.24) is 15.0 Å². The summed E-state index contributed by atoms with van der Waals surface area (Å²) in [5.41, 5.74) is 10.1. The molecule has 0 unspecified atom stereocenters. The van der Waals surface area contributed by atoms with Crippen molar-refractivity contribution in [3.8, 4) is 11.3 Å². The van der Waals surface area contributed by atoms with Crippen molar-refractivity contribution in [2.75, 3.05) is 5.73 Å². The van der Waals surface area contributed by atoms with Crippen LogP contribution >= 0.6 is 0 Å². The summed E-state index contributed by atoms with van der Waals surface area (Å²) in [7, 11) is 0. The molecule has 0 spiro atoms. The largest absolute Gasteiger partial charge is 0.368 e. The van der Waals surface area contributed by atoms with Gasteiger partial charge < -0.3 is 10.7 Å². The Morgan fingerprint density at radius 2 is 2.05 bits per heavy atom. The SMILES string of the molecule is Nc1nc(-c2cccc3[nH]ccc23)cc(C2CC2)n1. The van der Waals surface area contributed by atoms with Crippen LogP contribution in [0.25, 0.3) is 22.2 Å². The molecule has 0 bridgehead atoms. The van der Waals surface area contributed by atoms with Crippen LogP contribution in [0.5, 0.6) is 0 Å². The first-order chi connectivity index (χ1) is 9.31. The Balaban J connectivity index is 1.93. The molecular formula is C15H14N4. The van der Waals surface area contributed by atoms with Gasteiger partial charge in [-0.15, -0.1) is 0 Å². The van der Waals surface area contributed by atoms with Gasteiger partial charge >= 0.3 is 0 Å². The lowest BCUT2D eigenvalue weighted by molar-refractivity contribution is 1.00. The Morgan fingerprint density at radius 3 is 2.89 bits per heavy atom. The molecule has 0 atom stereocenters. The number of aromatic nitrogens is 3. The van der Waals surface area contributed by atoms with Crippen LogP contribution in [-0.4, -0.2) is 15.0 Å². The second-order valence-electron chi connectivity index (χ2n) is 5.06. The summed E-state index contributed by atoms with van der Waals surface area (Å²) in [4.78, 5) is 12.0. The van der Waals surface area contributed by atoms with E-state index >= 15 is 0 Å². The Hall–Kier alpha value is -2.36. The summed E-state index contributed by atoms with van der Waals surface area (Å²) in [6.07, 6.45) is 4.37. The predicted octanol–water partition coefficient (Wildman–Crippen LogP) is 3.08. The van der Waals surface area contributed by atoms with Crippen LogP contribution in [0.1, 0.15) is 24.5 Å². The summed E-state index contributed by atoms with van der Waals surface area (Å²) in [6, 6.07) is 10.3. The van der Waals surface area contributed by atoms with E-state index in [0.29, 0.717) is 11.9 Å². The monoisotopic (exact) mass is 250 g/mol. The smallest absolute Gasteiger partial charge is 0.220 e. The third-order valence-corrected chi connectivity index (χ3v) is 3.63. The Kier molecular flexibility index (Phi) is 2.12.